The maximum Gasteiger partial charge on any atom is 0.165 e. The van der Waals surface area contributed by atoms with Crippen LogP contribution in [0.4, 0.5) is 4.39 Å². The number of ether oxygens (including phenoxy) is 1. The molecular weight excluding hydrogens is 277 g/mol. The van der Waals surface area contributed by atoms with Gasteiger partial charge in [-0.2, -0.15) is 0 Å². The molecule has 0 heterocycles. The SMILES string of the molecule is CC(C)(C)[S+]([O-])N=Cc1ccc(OCC2CC2)c(F)c1. The first-order valence-corrected chi connectivity index (χ1v) is 7.85. The molecule has 20 heavy (non-hydrogen) atoms. The summed E-state index contributed by atoms with van der Waals surface area (Å²) in [6.07, 6.45) is 3.78. The van der Waals surface area contributed by atoms with Crippen LogP contribution in [0, 0.1) is 11.7 Å². The molecule has 5 heteroatoms. The van der Waals surface area contributed by atoms with E-state index in [1.165, 1.54) is 25.1 Å². The number of nitrogens with zero attached hydrogens (tertiary/aromatic N) is 1. The van der Waals surface area contributed by atoms with Crippen molar-refractivity contribution in [2.75, 3.05) is 6.61 Å². The lowest BCUT2D eigenvalue weighted by atomic mass is 10.2. The predicted octanol–water partition coefficient (Wildman–Crippen LogP) is 3.50. The number of halogens is 1. The second-order valence-electron chi connectivity index (χ2n) is 6.04. The van der Waals surface area contributed by atoms with Gasteiger partial charge in [0.05, 0.1) is 12.8 Å². The molecule has 1 saturated carbocycles. The van der Waals surface area contributed by atoms with Crippen molar-refractivity contribution in [1.29, 1.82) is 0 Å². The smallest absolute Gasteiger partial charge is 0.165 e. The van der Waals surface area contributed by atoms with E-state index < -0.39 is 21.9 Å². The van der Waals surface area contributed by atoms with Gasteiger partial charge in [0.15, 0.2) is 11.6 Å². The molecule has 0 N–H and O–H groups in total. The van der Waals surface area contributed by atoms with E-state index in [2.05, 4.69) is 4.40 Å². The van der Waals surface area contributed by atoms with Gasteiger partial charge in [0, 0.05) is 5.56 Å². The highest BCUT2D eigenvalue weighted by Crippen LogP contribution is 2.30. The first-order chi connectivity index (χ1) is 9.36. The zero-order valence-corrected chi connectivity index (χ0v) is 12.9. The standard InChI is InChI=1S/C15H20FNO2S/c1-15(2,3)20(18)17-9-12-6-7-14(13(16)8-12)19-10-11-4-5-11/h6-9,11H,4-5,10H2,1-3H3. The molecule has 110 valence electrons. The van der Waals surface area contributed by atoms with Gasteiger partial charge in [-0.1, -0.05) is 4.40 Å². The highest BCUT2D eigenvalue weighted by molar-refractivity contribution is 7.91. The summed E-state index contributed by atoms with van der Waals surface area (Å²) in [5, 5.41) is 0. The van der Waals surface area contributed by atoms with Gasteiger partial charge in [0.25, 0.3) is 0 Å². The second kappa shape index (κ2) is 6.14. The van der Waals surface area contributed by atoms with E-state index in [0.29, 0.717) is 18.1 Å². The minimum absolute atomic E-state index is 0.269. The summed E-state index contributed by atoms with van der Waals surface area (Å²) >= 11 is -1.34. The van der Waals surface area contributed by atoms with Crippen LogP contribution in [-0.2, 0) is 11.4 Å². The van der Waals surface area contributed by atoms with E-state index >= 15 is 0 Å². The minimum Gasteiger partial charge on any atom is -0.591 e. The van der Waals surface area contributed by atoms with Crippen molar-refractivity contribution in [3.05, 3.63) is 29.6 Å². The average Bonchev–Trinajstić information content (AvgIpc) is 3.17. The predicted molar refractivity (Wildman–Crippen MR) is 80.1 cm³/mol. The Balaban J connectivity index is 1.98. The number of hydrogen-bond donors (Lipinski definition) is 0. The molecule has 1 aliphatic carbocycles. The fourth-order valence-corrected chi connectivity index (χ4v) is 2.01. The van der Waals surface area contributed by atoms with Crippen LogP contribution >= 0.6 is 0 Å². The van der Waals surface area contributed by atoms with Gasteiger partial charge in [0.1, 0.15) is 16.1 Å². The van der Waals surface area contributed by atoms with Gasteiger partial charge < -0.3 is 9.29 Å². The molecule has 0 spiro atoms. The third-order valence-corrected chi connectivity index (χ3v) is 4.29. The summed E-state index contributed by atoms with van der Waals surface area (Å²) in [4.78, 5) is 0. The number of hydrogen-bond acceptors (Lipinski definition) is 3. The zero-order valence-electron chi connectivity index (χ0n) is 12.1. The van der Waals surface area contributed by atoms with Crippen LogP contribution in [0.3, 0.4) is 0 Å². The molecule has 0 aliphatic heterocycles. The highest BCUT2D eigenvalue weighted by atomic mass is 32.2. The van der Waals surface area contributed by atoms with Crippen molar-refractivity contribution in [3.8, 4) is 5.75 Å². The van der Waals surface area contributed by atoms with Crippen LogP contribution in [0.15, 0.2) is 22.6 Å². The van der Waals surface area contributed by atoms with E-state index in [1.54, 1.807) is 12.1 Å². The van der Waals surface area contributed by atoms with Gasteiger partial charge >= 0.3 is 0 Å². The first kappa shape index (κ1) is 15.3. The highest BCUT2D eigenvalue weighted by Gasteiger charge is 2.26. The van der Waals surface area contributed by atoms with Crippen LogP contribution in [0.1, 0.15) is 39.2 Å². The van der Waals surface area contributed by atoms with Crippen LogP contribution < -0.4 is 4.74 Å². The van der Waals surface area contributed by atoms with E-state index in [0.717, 1.165) is 0 Å². The van der Waals surface area contributed by atoms with E-state index in [9.17, 15) is 8.94 Å². The summed E-state index contributed by atoms with van der Waals surface area (Å²) in [5.74, 6) is 0.451. The number of benzene rings is 1. The normalized spacial score (nSPS) is 17.4. The molecule has 1 aromatic carbocycles. The maximum absolute atomic E-state index is 13.8. The summed E-state index contributed by atoms with van der Waals surface area (Å²) in [6.45, 7) is 6.11. The molecule has 0 aromatic heterocycles. The summed E-state index contributed by atoms with van der Waals surface area (Å²) in [5.41, 5.74) is 0.582. The first-order valence-electron chi connectivity index (χ1n) is 6.74. The van der Waals surface area contributed by atoms with Crippen LogP contribution in [0.2, 0.25) is 0 Å². The Hall–Kier alpha value is -1.07. The third-order valence-electron chi connectivity index (χ3n) is 2.95. The molecule has 1 fully saturated rings. The molecular formula is C15H20FNO2S. The topological polar surface area (TPSA) is 44.7 Å². The summed E-state index contributed by atoms with van der Waals surface area (Å²) in [7, 11) is 0. The molecule has 3 nitrogen and oxygen atoms in total. The Bertz CT molecular complexity index is 495. The average molecular weight is 297 g/mol. The van der Waals surface area contributed by atoms with Crippen LogP contribution in [-0.4, -0.2) is 22.1 Å². The summed E-state index contributed by atoms with van der Waals surface area (Å²) in [6, 6.07) is 4.67. The van der Waals surface area contributed by atoms with Gasteiger partial charge in [0.2, 0.25) is 0 Å². The number of rotatable bonds is 5. The van der Waals surface area contributed by atoms with Crippen molar-refractivity contribution in [2.24, 2.45) is 10.3 Å². The molecule has 0 radical (unpaired) electrons. The quantitative estimate of drug-likeness (QED) is 0.617. The molecule has 1 aromatic rings. The fourth-order valence-electron chi connectivity index (χ4n) is 1.47. The van der Waals surface area contributed by atoms with Crippen molar-refractivity contribution < 1.29 is 13.7 Å². The molecule has 0 bridgehead atoms. The Labute approximate surface area is 122 Å². The molecule has 2 rings (SSSR count). The van der Waals surface area contributed by atoms with E-state index in [4.69, 9.17) is 4.74 Å². The van der Waals surface area contributed by atoms with E-state index in [-0.39, 0.29) is 5.75 Å². The Kier molecular flexibility index (Phi) is 4.70. The van der Waals surface area contributed by atoms with Gasteiger partial charge in [-0.05, 0) is 57.7 Å². The van der Waals surface area contributed by atoms with Crippen LogP contribution in [0.25, 0.3) is 0 Å². The Morgan fingerprint density at radius 3 is 2.70 bits per heavy atom. The van der Waals surface area contributed by atoms with Crippen molar-refractivity contribution in [1.82, 2.24) is 0 Å². The lowest BCUT2D eigenvalue weighted by molar-refractivity contribution is 0.285. The lowest BCUT2D eigenvalue weighted by Gasteiger charge is -2.17. The molecule has 1 aliphatic rings. The molecule has 0 saturated heterocycles. The van der Waals surface area contributed by atoms with Gasteiger partial charge in [-0.15, -0.1) is 0 Å². The van der Waals surface area contributed by atoms with Crippen LogP contribution in [0.5, 0.6) is 5.75 Å². The largest absolute Gasteiger partial charge is 0.591 e. The molecule has 0 amide bonds. The molecule has 1 unspecified atom stereocenters. The molecule has 1 atom stereocenters. The minimum atomic E-state index is -1.34. The Morgan fingerprint density at radius 1 is 1.45 bits per heavy atom. The van der Waals surface area contributed by atoms with Crippen molar-refractivity contribution >= 4 is 17.6 Å². The van der Waals surface area contributed by atoms with E-state index in [1.807, 2.05) is 20.8 Å². The zero-order chi connectivity index (χ0) is 14.8. The lowest BCUT2D eigenvalue weighted by Crippen LogP contribution is -2.25. The van der Waals surface area contributed by atoms with Crippen molar-refractivity contribution in [3.63, 3.8) is 0 Å². The maximum atomic E-state index is 13.8. The van der Waals surface area contributed by atoms with Gasteiger partial charge in [-0.25, -0.2) is 4.39 Å². The summed E-state index contributed by atoms with van der Waals surface area (Å²) < 4.78 is 34.5. The monoisotopic (exact) mass is 297 g/mol. The third kappa shape index (κ3) is 4.49. The Morgan fingerprint density at radius 2 is 2.15 bits per heavy atom. The van der Waals surface area contributed by atoms with Crippen molar-refractivity contribution in [2.45, 2.75) is 38.4 Å². The fraction of sp³-hybridized carbons (Fsp3) is 0.533. The van der Waals surface area contributed by atoms with Gasteiger partial charge in [-0.3, -0.25) is 0 Å². The second-order valence-corrected chi connectivity index (χ2v) is 7.97.